The number of carbonyl (C=O) groups excluding carboxylic acids is 1. The number of rotatable bonds is 2. The molecule has 0 bridgehead atoms. The van der Waals surface area contributed by atoms with E-state index in [4.69, 9.17) is 0 Å². The third-order valence-electron chi connectivity index (χ3n) is 5.76. The monoisotopic (exact) mass is 288 g/mol. The van der Waals surface area contributed by atoms with Gasteiger partial charge in [-0.15, -0.1) is 0 Å². The van der Waals surface area contributed by atoms with Crippen LogP contribution in [0.5, 0.6) is 0 Å². The molecule has 21 heavy (non-hydrogen) atoms. The van der Waals surface area contributed by atoms with E-state index in [1.807, 2.05) is 17.9 Å². The predicted molar refractivity (Wildman–Crippen MR) is 79.8 cm³/mol. The molecule has 0 aromatic heterocycles. The summed E-state index contributed by atoms with van der Waals surface area (Å²) in [5, 5.41) is 3.22. The third kappa shape index (κ3) is 1.78. The van der Waals surface area contributed by atoms with Gasteiger partial charge in [0.15, 0.2) is 0 Å². The van der Waals surface area contributed by atoms with E-state index in [-0.39, 0.29) is 23.1 Å². The van der Waals surface area contributed by atoms with E-state index in [1.54, 1.807) is 6.07 Å². The molecule has 1 unspecified atom stereocenters. The molecular formula is C17H21FN2O. The van der Waals surface area contributed by atoms with Crippen LogP contribution in [-0.4, -0.2) is 25.5 Å². The lowest BCUT2D eigenvalue weighted by Crippen LogP contribution is -2.51. The van der Waals surface area contributed by atoms with Crippen LogP contribution in [0.15, 0.2) is 18.2 Å². The highest BCUT2D eigenvalue weighted by Crippen LogP contribution is 2.53. The molecule has 0 radical (unpaired) electrons. The van der Waals surface area contributed by atoms with Crippen LogP contribution in [0, 0.1) is 17.7 Å². The normalized spacial score (nSPS) is 24.4. The molecule has 1 atom stereocenters. The zero-order valence-electron chi connectivity index (χ0n) is 12.4. The van der Waals surface area contributed by atoms with Crippen LogP contribution in [0.2, 0.25) is 0 Å². The molecule has 2 aliphatic heterocycles. The second-order valence-electron chi connectivity index (χ2n) is 6.90. The lowest BCUT2D eigenvalue weighted by Gasteiger charge is -2.39. The summed E-state index contributed by atoms with van der Waals surface area (Å²) < 4.78 is 14.3. The number of hydrogen-bond acceptors (Lipinski definition) is 2. The number of hydrogen-bond donors (Lipinski definition) is 1. The molecule has 3 aliphatic rings. The highest BCUT2D eigenvalue weighted by molar-refractivity contribution is 5.98. The van der Waals surface area contributed by atoms with Crippen LogP contribution in [-0.2, 0) is 10.2 Å². The lowest BCUT2D eigenvalue weighted by molar-refractivity contribution is -0.124. The third-order valence-corrected chi connectivity index (χ3v) is 5.76. The van der Waals surface area contributed by atoms with Gasteiger partial charge in [-0.3, -0.25) is 4.79 Å². The number of nitrogens with zero attached hydrogens (tertiary/aromatic N) is 1. The number of anilines is 1. The SMILES string of the molecule is CC(C(=O)N1CC2(CCC2)c2c(F)cccc21)C1CNC1. The topological polar surface area (TPSA) is 32.3 Å². The van der Waals surface area contributed by atoms with E-state index in [0.717, 1.165) is 43.6 Å². The van der Waals surface area contributed by atoms with Gasteiger partial charge in [0.05, 0.1) is 5.69 Å². The minimum Gasteiger partial charge on any atom is -0.316 e. The number of fused-ring (bicyclic) bond motifs is 2. The fourth-order valence-electron chi connectivity index (χ4n) is 4.05. The van der Waals surface area contributed by atoms with Gasteiger partial charge in [-0.2, -0.15) is 0 Å². The Morgan fingerprint density at radius 1 is 1.43 bits per heavy atom. The van der Waals surface area contributed by atoms with Gasteiger partial charge < -0.3 is 10.2 Å². The second-order valence-corrected chi connectivity index (χ2v) is 6.90. The summed E-state index contributed by atoms with van der Waals surface area (Å²) >= 11 is 0. The van der Waals surface area contributed by atoms with Crippen molar-refractivity contribution in [3.63, 3.8) is 0 Å². The Morgan fingerprint density at radius 2 is 2.19 bits per heavy atom. The maximum absolute atomic E-state index is 14.3. The molecule has 3 nitrogen and oxygen atoms in total. The molecule has 1 aromatic rings. The van der Waals surface area contributed by atoms with Crippen molar-refractivity contribution in [3.8, 4) is 0 Å². The first-order valence-corrected chi connectivity index (χ1v) is 7.93. The molecule has 1 aromatic carbocycles. The van der Waals surface area contributed by atoms with Crippen LogP contribution >= 0.6 is 0 Å². The van der Waals surface area contributed by atoms with Gasteiger partial charge in [-0.1, -0.05) is 19.4 Å². The Balaban J connectivity index is 1.69. The molecule has 1 saturated carbocycles. The first-order valence-electron chi connectivity index (χ1n) is 7.93. The molecule has 2 fully saturated rings. The van der Waals surface area contributed by atoms with Crippen molar-refractivity contribution in [2.75, 3.05) is 24.5 Å². The van der Waals surface area contributed by atoms with Crippen molar-refractivity contribution in [3.05, 3.63) is 29.6 Å². The van der Waals surface area contributed by atoms with Crippen molar-refractivity contribution in [1.29, 1.82) is 0 Å². The number of halogens is 1. The summed E-state index contributed by atoms with van der Waals surface area (Å²) in [4.78, 5) is 14.7. The maximum atomic E-state index is 14.3. The summed E-state index contributed by atoms with van der Waals surface area (Å²) in [6, 6.07) is 5.17. The zero-order chi connectivity index (χ0) is 14.6. The molecule has 1 N–H and O–H groups in total. The average Bonchev–Trinajstić information content (AvgIpc) is 2.72. The van der Waals surface area contributed by atoms with Crippen LogP contribution < -0.4 is 10.2 Å². The van der Waals surface area contributed by atoms with Crippen molar-refractivity contribution in [1.82, 2.24) is 5.32 Å². The summed E-state index contributed by atoms with van der Waals surface area (Å²) in [6.07, 6.45) is 3.14. The van der Waals surface area contributed by atoms with Crippen LogP contribution in [0.3, 0.4) is 0 Å². The Hall–Kier alpha value is -1.42. The Bertz CT molecular complexity index is 592. The summed E-state index contributed by atoms with van der Waals surface area (Å²) in [5.74, 6) is 0.461. The van der Waals surface area contributed by atoms with E-state index in [9.17, 15) is 9.18 Å². The summed E-state index contributed by atoms with van der Waals surface area (Å²) in [6.45, 7) is 4.52. The van der Waals surface area contributed by atoms with Gasteiger partial charge in [0, 0.05) is 23.4 Å². The lowest BCUT2D eigenvalue weighted by atomic mass is 9.65. The van der Waals surface area contributed by atoms with Crippen molar-refractivity contribution in [2.24, 2.45) is 11.8 Å². The van der Waals surface area contributed by atoms with Crippen LogP contribution in [0.4, 0.5) is 10.1 Å². The molecule has 1 amide bonds. The number of amides is 1. The van der Waals surface area contributed by atoms with Gasteiger partial charge in [0.1, 0.15) is 5.82 Å². The van der Waals surface area contributed by atoms with Gasteiger partial charge in [-0.25, -0.2) is 4.39 Å². The van der Waals surface area contributed by atoms with E-state index >= 15 is 0 Å². The molecule has 1 aliphatic carbocycles. The largest absolute Gasteiger partial charge is 0.316 e. The Morgan fingerprint density at radius 3 is 2.76 bits per heavy atom. The first-order chi connectivity index (χ1) is 10.1. The van der Waals surface area contributed by atoms with Crippen molar-refractivity contribution in [2.45, 2.75) is 31.6 Å². The molecule has 1 spiro atoms. The van der Waals surface area contributed by atoms with Crippen molar-refractivity contribution >= 4 is 11.6 Å². The zero-order valence-corrected chi connectivity index (χ0v) is 12.4. The number of benzene rings is 1. The van der Waals surface area contributed by atoms with Gasteiger partial charge in [-0.05, 0) is 44.0 Å². The average molecular weight is 288 g/mol. The first kappa shape index (κ1) is 13.3. The van der Waals surface area contributed by atoms with Crippen LogP contribution in [0.25, 0.3) is 0 Å². The second kappa shape index (κ2) is 4.54. The van der Waals surface area contributed by atoms with E-state index in [2.05, 4.69) is 5.32 Å². The summed E-state index contributed by atoms with van der Waals surface area (Å²) in [7, 11) is 0. The molecule has 4 rings (SSSR count). The van der Waals surface area contributed by atoms with E-state index < -0.39 is 0 Å². The van der Waals surface area contributed by atoms with Gasteiger partial charge in [0.2, 0.25) is 5.91 Å². The minimum absolute atomic E-state index is 0.0117. The van der Waals surface area contributed by atoms with Crippen molar-refractivity contribution < 1.29 is 9.18 Å². The number of nitrogens with one attached hydrogen (secondary N) is 1. The fraction of sp³-hybridized carbons (Fsp3) is 0.588. The van der Waals surface area contributed by atoms with Gasteiger partial charge >= 0.3 is 0 Å². The van der Waals surface area contributed by atoms with E-state index in [1.165, 1.54) is 6.07 Å². The molecule has 1 saturated heterocycles. The minimum atomic E-state index is -0.138. The molecule has 4 heteroatoms. The maximum Gasteiger partial charge on any atom is 0.230 e. The number of carbonyl (C=O) groups is 1. The molecular weight excluding hydrogens is 267 g/mol. The quantitative estimate of drug-likeness (QED) is 0.906. The highest BCUT2D eigenvalue weighted by Gasteiger charge is 2.51. The highest BCUT2D eigenvalue weighted by atomic mass is 19.1. The predicted octanol–water partition coefficient (Wildman–Crippen LogP) is 2.45. The van der Waals surface area contributed by atoms with E-state index in [0.29, 0.717) is 12.5 Å². The summed E-state index contributed by atoms with van der Waals surface area (Å²) in [5.41, 5.74) is 1.51. The molecule has 2 heterocycles. The standard InChI is InChI=1S/C17H21FN2O/c1-11(12-8-19-9-12)16(21)20-10-17(6-3-7-17)15-13(18)4-2-5-14(15)20/h2,4-5,11-12,19H,3,6-10H2,1H3. The Kier molecular flexibility index (Phi) is 2.86. The fourth-order valence-corrected chi connectivity index (χ4v) is 4.05. The molecule has 112 valence electrons. The van der Waals surface area contributed by atoms with Gasteiger partial charge in [0.25, 0.3) is 0 Å². The van der Waals surface area contributed by atoms with Crippen LogP contribution in [0.1, 0.15) is 31.7 Å². The smallest absolute Gasteiger partial charge is 0.230 e. The Labute approximate surface area is 124 Å².